The van der Waals surface area contributed by atoms with E-state index in [0.29, 0.717) is 25.1 Å². The van der Waals surface area contributed by atoms with Gasteiger partial charge in [-0.1, -0.05) is 6.07 Å². The lowest BCUT2D eigenvalue weighted by Gasteiger charge is -2.26. The summed E-state index contributed by atoms with van der Waals surface area (Å²) in [6.07, 6.45) is 1.72. The molecule has 1 amide bonds. The highest BCUT2D eigenvalue weighted by atomic mass is 32.2. The monoisotopic (exact) mass is 475 g/mol. The lowest BCUT2D eigenvalue weighted by atomic mass is 10.1. The Balaban J connectivity index is 1.24. The number of benzene rings is 1. The van der Waals surface area contributed by atoms with Crippen molar-refractivity contribution < 1.29 is 13.2 Å². The molecular formula is C22H25N3O3S3. The molecule has 2 N–H and O–H groups in total. The number of rotatable bonds is 9. The van der Waals surface area contributed by atoms with Gasteiger partial charge in [-0.05, 0) is 65.6 Å². The Kier molecular flexibility index (Phi) is 7.19. The third-order valence-electron chi connectivity index (χ3n) is 5.27. The van der Waals surface area contributed by atoms with Gasteiger partial charge in [0.25, 0.3) is 5.91 Å². The van der Waals surface area contributed by atoms with E-state index in [0.717, 1.165) is 30.9 Å². The predicted molar refractivity (Wildman–Crippen MR) is 125 cm³/mol. The van der Waals surface area contributed by atoms with E-state index < -0.39 is 10.0 Å². The fraction of sp³-hybridized carbons (Fsp3) is 0.318. The van der Waals surface area contributed by atoms with Crippen molar-refractivity contribution in [3.63, 3.8) is 0 Å². The second-order valence-corrected chi connectivity index (χ2v) is 11.2. The van der Waals surface area contributed by atoms with Crippen LogP contribution in [-0.4, -0.2) is 45.4 Å². The minimum atomic E-state index is -3.59. The van der Waals surface area contributed by atoms with Crippen LogP contribution < -0.4 is 10.0 Å². The first-order chi connectivity index (χ1) is 15.0. The van der Waals surface area contributed by atoms with Gasteiger partial charge in [0, 0.05) is 48.0 Å². The zero-order valence-electron chi connectivity index (χ0n) is 17.0. The first-order valence-electron chi connectivity index (χ1n) is 10.2. The van der Waals surface area contributed by atoms with E-state index in [9.17, 15) is 13.2 Å². The van der Waals surface area contributed by atoms with E-state index in [2.05, 4.69) is 26.4 Å². The van der Waals surface area contributed by atoms with Crippen molar-refractivity contribution in [3.8, 4) is 0 Å². The molecule has 0 saturated heterocycles. The molecule has 6 nitrogen and oxygen atoms in total. The second-order valence-electron chi connectivity index (χ2n) is 7.40. The molecule has 9 heteroatoms. The summed E-state index contributed by atoms with van der Waals surface area (Å²) in [6.45, 7) is 3.63. The molecule has 1 aromatic carbocycles. The van der Waals surface area contributed by atoms with E-state index in [1.165, 1.54) is 22.6 Å². The Labute approximate surface area is 191 Å². The van der Waals surface area contributed by atoms with Crippen molar-refractivity contribution in [3.05, 3.63) is 74.1 Å². The van der Waals surface area contributed by atoms with Crippen LogP contribution in [0.1, 0.15) is 25.7 Å². The Hall–Kier alpha value is -2.04. The number of nitrogens with zero attached hydrogens (tertiary/aromatic N) is 1. The number of carbonyl (C=O) groups excluding carboxylic acids is 1. The third kappa shape index (κ3) is 5.81. The maximum absolute atomic E-state index is 12.4. The highest BCUT2D eigenvalue weighted by Gasteiger charge is 2.17. The quantitative estimate of drug-likeness (QED) is 0.499. The van der Waals surface area contributed by atoms with Crippen molar-refractivity contribution in [2.24, 2.45) is 0 Å². The molecule has 0 fully saturated rings. The molecule has 0 aliphatic carbocycles. The van der Waals surface area contributed by atoms with Crippen LogP contribution in [-0.2, 0) is 29.4 Å². The topological polar surface area (TPSA) is 78.5 Å². The van der Waals surface area contributed by atoms with E-state index >= 15 is 0 Å². The summed E-state index contributed by atoms with van der Waals surface area (Å²) in [6, 6.07) is 12.2. The van der Waals surface area contributed by atoms with Crippen molar-refractivity contribution >= 4 is 38.6 Å². The minimum absolute atomic E-state index is 0.162. The SMILES string of the molecule is O=C(NCCN1CCc2sccc2C1)c1ccc(S(=O)(=O)NCCc2cccs2)cc1. The highest BCUT2D eigenvalue weighted by Crippen LogP contribution is 2.23. The fourth-order valence-corrected chi connectivity index (χ4v) is 6.19. The van der Waals surface area contributed by atoms with Crippen molar-refractivity contribution in [2.75, 3.05) is 26.2 Å². The Bertz CT molecular complexity index is 1110. The van der Waals surface area contributed by atoms with Crippen LogP contribution in [0.25, 0.3) is 0 Å². The normalized spacial score (nSPS) is 14.3. The summed E-state index contributed by atoms with van der Waals surface area (Å²) >= 11 is 3.42. The van der Waals surface area contributed by atoms with Gasteiger partial charge in [0.1, 0.15) is 0 Å². The predicted octanol–water partition coefficient (Wildman–Crippen LogP) is 3.12. The summed E-state index contributed by atoms with van der Waals surface area (Å²) < 4.78 is 27.5. The molecule has 0 radical (unpaired) electrons. The Morgan fingerprint density at radius 1 is 1.03 bits per heavy atom. The summed E-state index contributed by atoms with van der Waals surface area (Å²) in [5.74, 6) is -0.192. The molecule has 0 bridgehead atoms. The number of nitrogens with one attached hydrogen (secondary N) is 2. The van der Waals surface area contributed by atoms with Crippen LogP contribution in [0.5, 0.6) is 0 Å². The standard InChI is InChI=1S/C22H25N3O3S3/c26-22(23-11-13-25-12-8-21-18(16-25)9-15-30-21)17-3-5-20(6-4-17)31(27,28)24-10-7-19-2-1-14-29-19/h1-6,9,14-15,24H,7-8,10-13,16H2,(H,23,26). The number of thiophene rings is 2. The zero-order chi connectivity index (χ0) is 21.7. The fourth-order valence-electron chi connectivity index (χ4n) is 3.56. The van der Waals surface area contributed by atoms with Gasteiger partial charge in [-0.25, -0.2) is 13.1 Å². The smallest absolute Gasteiger partial charge is 0.251 e. The van der Waals surface area contributed by atoms with Crippen LogP contribution in [0, 0.1) is 0 Å². The molecule has 1 aliphatic rings. The van der Waals surface area contributed by atoms with Gasteiger partial charge in [0.15, 0.2) is 0 Å². The van der Waals surface area contributed by atoms with E-state index in [1.54, 1.807) is 23.5 Å². The van der Waals surface area contributed by atoms with Crippen molar-refractivity contribution in [1.29, 1.82) is 0 Å². The maximum Gasteiger partial charge on any atom is 0.251 e. The van der Waals surface area contributed by atoms with Crippen LogP contribution >= 0.6 is 22.7 Å². The lowest BCUT2D eigenvalue weighted by Crippen LogP contribution is -2.37. The number of hydrogen-bond donors (Lipinski definition) is 2. The van der Waals surface area contributed by atoms with Gasteiger partial charge < -0.3 is 5.32 Å². The first kappa shape index (κ1) is 22.2. The van der Waals surface area contributed by atoms with E-state index in [-0.39, 0.29) is 10.8 Å². The lowest BCUT2D eigenvalue weighted by molar-refractivity contribution is 0.0947. The summed E-state index contributed by atoms with van der Waals surface area (Å²) in [5.41, 5.74) is 1.85. The van der Waals surface area contributed by atoms with Gasteiger partial charge >= 0.3 is 0 Å². The van der Waals surface area contributed by atoms with Gasteiger partial charge in [-0.3, -0.25) is 9.69 Å². The highest BCUT2D eigenvalue weighted by molar-refractivity contribution is 7.89. The largest absolute Gasteiger partial charge is 0.351 e. The number of hydrogen-bond acceptors (Lipinski definition) is 6. The molecule has 2 aromatic heterocycles. The van der Waals surface area contributed by atoms with Crippen LogP contribution in [0.3, 0.4) is 0 Å². The number of fused-ring (bicyclic) bond motifs is 1. The number of amides is 1. The summed E-state index contributed by atoms with van der Waals surface area (Å²) in [7, 11) is -3.59. The average Bonchev–Trinajstić information content (AvgIpc) is 3.45. The molecule has 4 rings (SSSR count). The molecule has 0 unspecified atom stereocenters. The van der Waals surface area contributed by atoms with E-state index in [1.807, 2.05) is 28.8 Å². The van der Waals surface area contributed by atoms with E-state index in [4.69, 9.17) is 0 Å². The number of carbonyl (C=O) groups is 1. The molecule has 3 heterocycles. The Morgan fingerprint density at radius 3 is 2.65 bits per heavy atom. The number of sulfonamides is 1. The third-order valence-corrected chi connectivity index (χ3v) is 8.71. The van der Waals surface area contributed by atoms with Gasteiger partial charge in [0.05, 0.1) is 4.90 Å². The van der Waals surface area contributed by atoms with Crippen molar-refractivity contribution in [2.45, 2.75) is 24.3 Å². The van der Waals surface area contributed by atoms with Crippen LogP contribution in [0.4, 0.5) is 0 Å². The molecule has 31 heavy (non-hydrogen) atoms. The summed E-state index contributed by atoms with van der Waals surface area (Å²) in [4.78, 5) is 17.5. The van der Waals surface area contributed by atoms with Gasteiger partial charge in [-0.2, -0.15) is 0 Å². The molecular weight excluding hydrogens is 450 g/mol. The molecule has 0 spiro atoms. The van der Waals surface area contributed by atoms with Crippen LogP contribution in [0.15, 0.2) is 58.1 Å². The summed E-state index contributed by atoms with van der Waals surface area (Å²) in [5, 5.41) is 7.04. The molecule has 3 aromatic rings. The van der Waals surface area contributed by atoms with Gasteiger partial charge in [0.2, 0.25) is 10.0 Å². The zero-order valence-corrected chi connectivity index (χ0v) is 19.5. The molecule has 164 valence electrons. The molecule has 0 saturated carbocycles. The first-order valence-corrected chi connectivity index (χ1v) is 13.4. The second kappa shape index (κ2) is 10.1. The van der Waals surface area contributed by atoms with Crippen LogP contribution in [0.2, 0.25) is 0 Å². The Morgan fingerprint density at radius 2 is 1.87 bits per heavy atom. The molecule has 1 aliphatic heterocycles. The van der Waals surface area contributed by atoms with Gasteiger partial charge in [-0.15, -0.1) is 22.7 Å². The van der Waals surface area contributed by atoms with Crippen molar-refractivity contribution in [1.82, 2.24) is 14.9 Å². The molecule has 0 atom stereocenters. The minimum Gasteiger partial charge on any atom is -0.351 e. The average molecular weight is 476 g/mol. The maximum atomic E-state index is 12.4.